The number of carbonyl (C=O) groups is 1. The summed E-state index contributed by atoms with van der Waals surface area (Å²) >= 11 is 0. The Kier molecular flexibility index (Phi) is 7.38. The summed E-state index contributed by atoms with van der Waals surface area (Å²) in [6.07, 6.45) is 1.65. The fourth-order valence-electron chi connectivity index (χ4n) is 2.76. The number of amides is 1. The molecule has 0 atom stereocenters. The molecule has 7 heteroatoms. The fourth-order valence-corrected chi connectivity index (χ4v) is 3.52. The number of anilines is 1. The van der Waals surface area contributed by atoms with Crippen LogP contribution >= 0.6 is 0 Å². The molecule has 0 aliphatic rings. The molecule has 0 radical (unpaired) electrons. The molecule has 2 aromatic rings. The van der Waals surface area contributed by atoms with E-state index < -0.39 is 10.0 Å². The fraction of sp³-hybridized carbons (Fsp3) is 0.350. The van der Waals surface area contributed by atoms with E-state index in [0.29, 0.717) is 13.0 Å². The first kappa shape index (κ1) is 20.9. The second kappa shape index (κ2) is 9.53. The standard InChI is InChI=1S/C20H26N2O4S/c1-4-22(18-8-6-5-7-9-18)20(23)16-21(27(3,24)25)15-14-17-10-12-19(26-2)13-11-17/h5-13H,4,14-16H2,1-3H3. The Hall–Kier alpha value is -2.38. The zero-order chi connectivity index (χ0) is 19.9. The monoisotopic (exact) mass is 390 g/mol. The molecule has 0 heterocycles. The number of rotatable bonds is 9. The molecule has 0 bridgehead atoms. The quantitative estimate of drug-likeness (QED) is 0.660. The molecule has 0 saturated carbocycles. The van der Waals surface area contributed by atoms with Crippen molar-refractivity contribution in [2.75, 3.05) is 37.9 Å². The molecule has 6 nitrogen and oxygen atoms in total. The molecular weight excluding hydrogens is 364 g/mol. The van der Waals surface area contributed by atoms with Crippen LogP contribution in [0.2, 0.25) is 0 Å². The average Bonchev–Trinajstić information content (AvgIpc) is 2.66. The predicted molar refractivity (Wildman–Crippen MR) is 108 cm³/mol. The lowest BCUT2D eigenvalue weighted by molar-refractivity contribution is -0.118. The van der Waals surface area contributed by atoms with Gasteiger partial charge in [0.15, 0.2) is 0 Å². The summed E-state index contributed by atoms with van der Waals surface area (Å²) in [5.41, 5.74) is 1.74. The highest BCUT2D eigenvalue weighted by atomic mass is 32.2. The number of carbonyl (C=O) groups excluding carboxylic acids is 1. The van der Waals surface area contributed by atoms with E-state index in [2.05, 4.69) is 0 Å². The minimum Gasteiger partial charge on any atom is -0.497 e. The van der Waals surface area contributed by atoms with Crippen molar-refractivity contribution in [2.24, 2.45) is 0 Å². The summed E-state index contributed by atoms with van der Waals surface area (Å²) in [5, 5.41) is 0. The molecule has 146 valence electrons. The normalized spacial score (nSPS) is 11.4. The SMILES string of the molecule is CCN(C(=O)CN(CCc1ccc(OC)cc1)S(C)(=O)=O)c1ccccc1. The van der Waals surface area contributed by atoms with Crippen molar-refractivity contribution in [2.45, 2.75) is 13.3 Å². The molecule has 0 N–H and O–H groups in total. The molecule has 1 amide bonds. The van der Waals surface area contributed by atoms with Gasteiger partial charge in [-0.25, -0.2) is 8.42 Å². The van der Waals surface area contributed by atoms with E-state index in [-0.39, 0.29) is 19.0 Å². The zero-order valence-corrected chi connectivity index (χ0v) is 16.8. The van der Waals surface area contributed by atoms with Crippen LogP contribution in [0.25, 0.3) is 0 Å². The van der Waals surface area contributed by atoms with E-state index in [0.717, 1.165) is 23.3 Å². The van der Waals surface area contributed by atoms with E-state index in [1.54, 1.807) is 12.0 Å². The Morgan fingerprint density at radius 2 is 1.67 bits per heavy atom. The average molecular weight is 391 g/mol. The van der Waals surface area contributed by atoms with Gasteiger partial charge in [0.25, 0.3) is 0 Å². The van der Waals surface area contributed by atoms with Gasteiger partial charge < -0.3 is 9.64 Å². The van der Waals surface area contributed by atoms with E-state index >= 15 is 0 Å². The highest BCUT2D eigenvalue weighted by molar-refractivity contribution is 7.88. The Labute approximate surface area is 161 Å². The van der Waals surface area contributed by atoms with Crippen molar-refractivity contribution in [1.29, 1.82) is 0 Å². The van der Waals surface area contributed by atoms with Crippen LogP contribution in [0.1, 0.15) is 12.5 Å². The van der Waals surface area contributed by atoms with E-state index in [9.17, 15) is 13.2 Å². The van der Waals surface area contributed by atoms with Crippen LogP contribution in [0.4, 0.5) is 5.69 Å². The second-order valence-corrected chi connectivity index (χ2v) is 8.15. The number of methoxy groups -OCH3 is 1. The second-order valence-electron chi connectivity index (χ2n) is 6.17. The van der Waals surface area contributed by atoms with Gasteiger partial charge in [0, 0.05) is 18.8 Å². The molecule has 0 aliphatic carbocycles. The number of hydrogen-bond donors (Lipinski definition) is 0. The van der Waals surface area contributed by atoms with Crippen LogP contribution in [0, 0.1) is 0 Å². The topological polar surface area (TPSA) is 66.9 Å². The number of hydrogen-bond acceptors (Lipinski definition) is 4. The van der Waals surface area contributed by atoms with Crippen LogP contribution in [-0.4, -0.2) is 51.6 Å². The number of likely N-dealkylation sites (N-methyl/N-ethyl adjacent to an activating group) is 1. The van der Waals surface area contributed by atoms with Crippen molar-refractivity contribution in [3.63, 3.8) is 0 Å². The number of para-hydroxylation sites is 1. The summed E-state index contributed by atoms with van der Waals surface area (Å²) in [6.45, 7) is 2.40. The van der Waals surface area contributed by atoms with Crippen LogP contribution in [0.3, 0.4) is 0 Å². The van der Waals surface area contributed by atoms with Gasteiger partial charge in [0.2, 0.25) is 15.9 Å². The first-order valence-corrected chi connectivity index (χ1v) is 10.6. The van der Waals surface area contributed by atoms with Crippen LogP contribution in [-0.2, 0) is 21.2 Å². The molecule has 27 heavy (non-hydrogen) atoms. The van der Waals surface area contributed by atoms with Gasteiger partial charge in [0.1, 0.15) is 5.75 Å². The molecule has 2 rings (SSSR count). The summed E-state index contributed by atoms with van der Waals surface area (Å²) in [6, 6.07) is 16.7. The minimum atomic E-state index is -3.51. The molecular formula is C20H26N2O4S. The number of benzene rings is 2. The maximum atomic E-state index is 12.7. The van der Waals surface area contributed by atoms with Crippen LogP contribution < -0.4 is 9.64 Å². The minimum absolute atomic E-state index is 0.183. The number of sulfonamides is 1. The smallest absolute Gasteiger partial charge is 0.242 e. The number of ether oxygens (including phenoxy) is 1. The third-order valence-electron chi connectivity index (χ3n) is 4.27. The van der Waals surface area contributed by atoms with Crippen molar-refractivity contribution < 1.29 is 17.9 Å². The summed E-state index contributed by atoms with van der Waals surface area (Å²) < 4.78 is 30.7. The molecule has 0 spiro atoms. The van der Waals surface area contributed by atoms with Gasteiger partial charge in [-0.3, -0.25) is 4.79 Å². The lowest BCUT2D eigenvalue weighted by atomic mass is 10.1. The molecule has 0 unspecified atom stereocenters. The van der Waals surface area contributed by atoms with Crippen molar-refractivity contribution >= 4 is 21.6 Å². The van der Waals surface area contributed by atoms with E-state index in [1.807, 2.05) is 61.5 Å². The summed E-state index contributed by atoms with van der Waals surface area (Å²) in [4.78, 5) is 14.3. The van der Waals surface area contributed by atoms with Gasteiger partial charge in [-0.05, 0) is 43.2 Å². The Morgan fingerprint density at radius 3 is 2.19 bits per heavy atom. The van der Waals surface area contributed by atoms with Gasteiger partial charge in [-0.1, -0.05) is 30.3 Å². The highest BCUT2D eigenvalue weighted by Gasteiger charge is 2.23. The Morgan fingerprint density at radius 1 is 1.04 bits per heavy atom. The van der Waals surface area contributed by atoms with Crippen LogP contribution in [0.15, 0.2) is 54.6 Å². The maximum Gasteiger partial charge on any atom is 0.242 e. The lowest BCUT2D eigenvalue weighted by Crippen LogP contribution is -2.43. The van der Waals surface area contributed by atoms with Crippen LogP contribution in [0.5, 0.6) is 5.75 Å². The van der Waals surface area contributed by atoms with Gasteiger partial charge in [-0.2, -0.15) is 4.31 Å². The van der Waals surface area contributed by atoms with Crippen molar-refractivity contribution in [3.8, 4) is 5.75 Å². The third-order valence-corrected chi connectivity index (χ3v) is 5.52. The van der Waals surface area contributed by atoms with Gasteiger partial charge >= 0.3 is 0 Å². The van der Waals surface area contributed by atoms with Crippen molar-refractivity contribution in [1.82, 2.24) is 4.31 Å². The largest absolute Gasteiger partial charge is 0.497 e. The number of nitrogens with zero attached hydrogens (tertiary/aromatic N) is 2. The van der Waals surface area contributed by atoms with E-state index in [4.69, 9.17) is 4.74 Å². The summed E-state index contributed by atoms with van der Waals surface area (Å²) in [5.74, 6) is 0.499. The highest BCUT2D eigenvalue weighted by Crippen LogP contribution is 2.15. The molecule has 0 aliphatic heterocycles. The van der Waals surface area contributed by atoms with Crippen molar-refractivity contribution in [3.05, 3.63) is 60.2 Å². The third kappa shape index (κ3) is 6.08. The molecule has 0 aromatic heterocycles. The summed E-state index contributed by atoms with van der Waals surface area (Å²) in [7, 11) is -1.91. The maximum absolute atomic E-state index is 12.7. The first-order chi connectivity index (χ1) is 12.8. The Bertz CT molecular complexity index is 836. The zero-order valence-electron chi connectivity index (χ0n) is 16.0. The Balaban J connectivity index is 2.08. The molecule has 2 aromatic carbocycles. The lowest BCUT2D eigenvalue weighted by Gasteiger charge is -2.25. The predicted octanol–water partition coefficient (Wildman–Crippen LogP) is 2.55. The molecule has 0 saturated heterocycles. The van der Waals surface area contributed by atoms with E-state index in [1.165, 1.54) is 4.31 Å². The van der Waals surface area contributed by atoms with Gasteiger partial charge in [0.05, 0.1) is 19.9 Å². The first-order valence-electron chi connectivity index (χ1n) is 8.78. The molecule has 0 fully saturated rings. The van der Waals surface area contributed by atoms with Gasteiger partial charge in [-0.15, -0.1) is 0 Å².